The first-order valence-electron chi connectivity index (χ1n) is 0.783. The van der Waals surface area contributed by atoms with Crippen molar-refractivity contribution in [3.05, 3.63) is 0 Å². The quantitative estimate of drug-likeness (QED) is 0.371. The fraction of sp³-hybridized carbons (Fsp3) is 0. The van der Waals surface area contributed by atoms with E-state index in [1.807, 2.05) is 0 Å². The third-order valence-electron chi connectivity index (χ3n) is 0. The maximum atomic E-state index is 8.88. The van der Waals surface area contributed by atoms with Gasteiger partial charge in [-0.15, -0.1) is 0 Å². The van der Waals surface area contributed by atoms with Crippen molar-refractivity contribution in [2.75, 3.05) is 0 Å². The van der Waals surface area contributed by atoms with Gasteiger partial charge in [0.15, 0.2) is 0 Å². The van der Waals surface area contributed by atoms with Crippen LogP contribution in [0, 0.1) is 49.4 Å². The molecule has 0 spiro atoms. The Kier molecular flexibility index (Phi) is 31.0. The van der Waals surface area contributed by atoms with Crippen molar-refractivity contribution >= 4 is 76.4 Å². The minimum absolute atomic E-state index is 0. The van der Waals surface area contributed by atoms with Crippen molar-refractivity contribution in [2.45, 2.75) is 0 Å². The predicted octanol–water partition coefficient (Wildman–Crippen LogP) is -1.24. The molecule has 0 amide bonds. The molecule has 0 aromatic carbocycles. The van der Waals surface area contributed by atoms with Crippen LogP contribution in [0.5, 0.6) is 0 Å². The minimum atomic E-state index is -4.64. The fourth-order valence-corrected chi connectivity index (χ4v) is 0. The van der Waals surface area contributed by atoms with Gasteiger partial charge in [0, 0.05) is 49.4 Å². The molecular formula is H7EuMgO4PSr. The molecule has 8 heteroatoms. The SMILES string of the molecule is O=P(O)(O)O.[Eu].[H-].[H-].[H-].[H-].[Mg+2].[Sr+2]. The number of hydrogen-bond donors (Lipinski definition) is 3. The van der Waals surface area contributed by atoms with Crippen molar-refractivity contribution < 1.29 is 74.3 Å². The summed E-state index contributed by atoms with van der Waals surface area (Å²) in [6.45, 7) is 0. The monoisotopic (exact) mass is 367 g/mol. The van der Waals surface area contributed by atoms with Crippen LogP contribution in [0.15, 0.2) is 0 Å². The van der Waals surface area contributed by atoms with Gasteiger partial charge in [-0.25, -0.2) is 4.57 Å². The molecule has 0 fully saturated rings. The molecule has 0 aliphatic carbocycles. The summed E-state index contributed by atoms with van der Waals surface area (Å²) in [6, 6.07) is 0. The van der Waals surface area contributed by atoms with E-state index in [0.717, 1.165) is 0 Å². The van der Waals surface area contributed by atoms with Crippen LogP contribution in [0.3, 0.4) is 0 Å². The normalized spacial score (nSPS) is 7.38. The third-order valence-corrected chi connectivity index (χ3v) is 0. The average molecular weight is 366 g/mol. The maximum absolute atomic E-state index is 8.88. The van der Waals surface area contributed by atoms with Crippen molar-refractivity contribution in [1.82, 2.24) is 0 Å². The van der Waals surface area contributed by atoms with E-state index in [2.05, 4.69) is 0 Å². The first kappa shape index (κ1) is 22.7. The Morgan fingerprint density at radius 2 is 1.25 bits per heavy atom. The van der Waals surface area contributed by atoms with Gasteiger partial charge in [-0.05, 0) is 0 Å². The van der Waals surface area contributed by atoms with Crippen LogP contribution in [0.2, 0.25) is 0 Å². The largest absolute Gasteiger partial charge is 2.00 e. The Morgan fingerprint density at radius 3 is 1.25 bits per heavy atom. The predicted molar refractivity (Wildman–Crippen MR) is 30.2 cm³/mol. The molecule has 0 unspecified atom stereocenters. The maximum Gasteiger partial charge on any atom is 2.00 e. The molecule has 0 saturated carbocycles. The Bertz CT molecular complexity index is 73.2. The minimum Gasteiger partial charge on any atom is -1.00 e. The summed E-state index contributed by atoms with van der Waals surface area (Å²) in [7, 11) is -4.64. The first-order chi connectivity index (χ1) is 2.00. The van der Waals surface area contributed by atoms with E-state index in [9.17, 15) is 0 Å². The Morgan fingerprint density at radius 1 is 1.25 bits per heavy atom. The molecule has 0 aliphatic rings. The standard InChI is InChI=1S/Eu.Mg.H3O4P.Sr.4H/c;;1-5(2,3)4;;;;;/h;;(H3,1,2,3,4);;;;;/q;+2;;+2;4*-1. The second-order valence-electron chi connectivity index (χ2n) is 0.513. The molecule has 3 N–H and O–H groups in total. The summed E-state index contributed by atoms with van der Waals surface area (Å²) in [5, 5.41) is 0. The van der Waals surface area contributed by atoms with E-state index in [1.54, 1.807) is 0 Å². The van der Waals surface area contributed by atoms with Gasteiger partial charge >= 0.3 is 76.4 Å². The zero-order chi connectivity index (χ0) is 4.50. The first-order valence-corrected chi connectivity index (χ1v) is 2.35. The van der Waals surface area contributed by atoms with E-state index in [0.29, 0.717) is 0 Å². The summed E-state index contributed by atoms with van der Waals surface area (Å²) in [4.78, 5) is 21.6. The van der Waals surface area contributed by atoms with Gasteiger partial charge in [-0.2, -0.15) is 0 Å². The molecule has 0 aliphatic heterocycles. The van der Waals surface area contributed by atoms with E-state index in [4.69, 9.17) is 19.2 Å². The van der Waals surface area contributed by atoms with Gasteiger partial charge in [0.2, 0.25) is 0 Å². The van der Waals surface area contributed by atoms with Crippen LogP contribution < -0.4 is 0 Å². The molecule has 0 heterocycles. The van der Waals surface area contributed by atoms with E-state index in [-0.39, 0.29) is 124 Å². The summed E-state index contributed by atoms with van der Waals surface area (Å²) >= 11 is 0. The van der Waals surface area contributed by atoms with Crippen LogP contribution in [-0.2, 0) is 4.57 Å². The molecule has 1 radical (unpaired) electrons. The second kappa shape index (κ2) is 10.9. The molecule has 0 atom stereocenters. The summed E-state index contributed by atoms with van der Waals surface area (Å²) in [5.41, 5.74) is 0. The molecule has 4 nitrogen and oxygen atoms in total. The number of rotatable bonds is 0. The third kappa shape index (κ3) is 51.2. The fourth-order valence-electron chi connectivity index (χ4n) is 0. The topological polar surface area (TPSA) is 77.8 Å². The van der Waals surface area contributed by atoms with E-state index >= 15 is 0 Å². The Hall–Kier alpha value is 3.94. The van der Waals surface area contributed by atoms with Crippen molar-refractivity contribution in [1.29, 1.82) is 0 Å². The zero-order valence-electron chi connectivity index (χ0n) is 7.99. The molecule has 8 heavy (non-hydrogen) atoms. The average Bonchev–Trinajstić information content (AvgIpc) is 0.722. The summed E-state index contributed by atoms with van der Waals surface area (Å²) < 4.78 is 8.88. The zero-order valence-corrected chi connectivity index (χ0v) is 12.2. The van der Waals surface area contributed by atoms with E-state index in [1.165, 1.54) is 0 Å². The smallest absolute Gasteiger partial charge is 1.00 e. The Balaban J connectivity index is -0.00000000381. The number of phosphoric acid groups is 1. The molecule has 47 valence electrons. The van der Waals surface area contributed by atoms with Gasteiger partial charge in [0.25, 0.3) is 0 Å². The summed E-state index contributed by atoms with van der Waals surface area (Å²) in [5.74, 6) is 0. The molecule has 0 rings (SSSR count). The second-order valence-corrected chi connectivity index (χ2v) is 1.54. The summed E-state index contributed by atoms with van der Waals surface area (Å²) in [6.07, 6.45) is 0. The van der Waals surface area contributed by atoms with Gasteiger partial charge in [0.1, 0.15) is 0 Å². The van der Waals surface area contributed by atoms with Crippen LogP contribution in [0.4, 0.5) is 0 Å². The van der Waals surface area contributed by atoms with Gasteiger partial charge in [0.05, 0.1) is 0 Å². The van der Waals surface area contributed by atoms with Crippen LogP contribution in [0.1, 0.15) is 5.71 Å². The molecule has 0 saturated heterocycles. The van der Waals surface area contributed by atoms with Crippen LogP contribution >= 0.6 is 7.82 Å². The van der Waals surface area contributed by atoms with Crippen molar-refractivity contribution in [2.24, 2.45) is 0 Å². The van der Waals surface area contributed by atoms with Crippen LogP contribution in [-0.4, -0.2) is 83.2 Å². The molecule has 0 bridgehead atoms. The Labute approximate surface area is 147 Å². The van der Waals surface area contributed by atoms with Gasteiger partial charge in [-0.1, -0.05) is 0 Å². The van der Waals surface area contributed by atoms with Crippen LogP contribution in [0.25, 0.3) is 0 Å². The molecular weight excluding hydrogens is 359 g/mol. The van der Waals surface area contributed by atoms with Gasteiger partial charge in [-0.3, -0.25) is 0 Å². The van der Waals surface area contributed by atoms with Crippen molar-refractivity contribution in [3.63, 3.8) is 0 Å². The number of hydrogen-bond acceptors (Lipinski definition) is 1. The van der Waals surface area contributed by atoms with Gasteiger partial charge < -0.3 is 20.4 Å². The molecule has 0 aromatic rings. The van der Waals surface area contributed by atoms with Crippen molar-refractivity contribution in [3.8, 4) is 0 Å². The molecule has 0 aromatic heterocycles. The van der Waals surface area contributed by atoms with E-state index < -0.39 is 7.82 Å².